The number of piperidine rings is 1. The minimum absolute atomic E-state index is 0.0210. The number of likely N-dealkylation sites (tertiary alicyclic amines) is 1. The maximum Gasteiger partial charge on any atom is 0.245 e. The van der Waals surface area contributed by atoms with Gasteiger partial charge in [-0.3, -0.25) is 9.59 Å². The zero-order chi connectivity index (χ0) is 27.7. The molecule has 208 valence electrons. The molecular formula is C29H40ClN3O4S. The zero-order valence-electron chi connectivity index (χ0n) is 22.6. The maximum atomic E-state index is 13.7. The number of carbonyl (C=O) groups is 2. The number of sulfonamides is 1. The van der Waals surface area contributed by atoms with E-state index in [-0.39, 0.29) is 36.1 Å². The third kappa shape index (κ3) is 8.29. The number of alkyl halides is 1. The maximum absolute atomic E-state index is 13.7. The first-order valence-electron chi connectivity index (χ1n) is 13.4. The topological polar surface area (TPSA) is 78.0 Å². The van der Waals surface area contributed by atoms with Crippen LogP contribution in [0.5, 0.6) is 0 Å². The van der Waals surface area contributed by atoms with Crippen molar-refractivity contribution < 1.29 is 18.0 Å². The molecule has 1 heterocycles. The van der Waals surface area contributed by atoms with Crippen LogP contribution in [0, 0.1) is 5.92 Å². The number of benzene rings is 2. The number of carbonyl (C=O) groups excluding carboxylic acids is 2. The molecule has 1 aliphatic heterocycles. The van der Waals surface area contributed by atoms with Crippen LogP contribution < -0.4 is 0 Å². The summed E-state index contributed by atoms with van der Waals surface area (Å²) in [4.78, 5) is 30.4. The molecule has 0 bridgehead atoms. The molecule has 2 aromatic carbocycles. The number of amides is 2. The Hall–Kier alpha value is -2.42. The van der Waals surface area contributed by atoms with Crippen molar-refractivity contribution in [2.45, 2.75) is 58.0 Å². The van der Waals surface area contributed by atoms with E-state index >= 15 is 0 Å². The lowest BCUT2D eigenvalue weighted by atomic mass is 10.0. The van der Waals surface area contributed by atoms with E-state index in [1.807, 2.05) is 81.4 Å². The Balaban J connectivity index is 1.75. The Labute approximate surface area is 232 Å². The standard InChI is InChI=1S/C29H40ClN3O4S/c1-4-19-38(36,37)32(20-23(2)3)22-27(34)33(21-24-11-7-5-8-12-24)26-15-17-31(18-16-26)29(35)28(30)25-13-9-6-10-14-25/h5-14,23,26,28H,4,15-22H2,1-3H3. The number of nitrogens with zero attached hydrogens (tertiary/aromatic N) is 3. The fourth-order valence-electron chi connectivity index (χ4n) is 4.84. The van der Waals surface area contributed by atoms with Gasteiger partial charge in [0.25, 0.3) is 0 Å². The Kier molecular flexibility index (Phi) is 11.2. The van der Waals surface area contributed by atoms with Crippen molar-refractivity contribution in [3.63, 3.8) is 0 Å². The van der Waals surface area contributed by atoms with Crippen molar-refractivity contribution in [1.29, 1.82) is 0 Å². The van der Waals surface area contributed by atoms with E-state index in [0.717, 1.165) is 11.1 Å². The molecule has 1 unspecified atom stereocenters. The van der Waals surface area contributed by atoms with Crippen molar-refractivity contribution in [1.82, 2.24) is 14.1 Å². The Morgan fingerprint density at radius 1 is 1.00 bits per heavy atom. The lowest BCUT2D eigenvalue weighted by molar-refractivity contribution is -0.137. The van der Waals surface area contributed by atoms with Crippen LogP contribution in [0.4, 0.5) is 0 Å². The molecule has 0 aromatic heterocycles. The van der Waals surface area contributed by atoms with Crippen molar-refractivity contribution in [2.24, 2.45) is 5.92 Å². The van der Waals surface area contributed by atoms with E-state index in [1.54, 1.807) is 9.80 Å². The Morgan fingerprint density at radius 3 is 2.13 bits per heavy atom. The molecule has 1 saturated heterocycles. The van der Waals surface area contributed by atoms with Gasteiger partial charge in [-0.05, 0) is 36.3 Å². The monoisotopic (exact) mass is 561 g/mol. The summed E-state index contributed by atoms with van der Waals surface area (Å²) in [5, 5.41) is -0.747. The van der Waals surface area contributed by atoms with Crippen LogP contribution in [0.15, 0.2) is 60.7 Å². The van der Waals surface area contributed by atoms with Gasteiger partial charge >= 0.3 is 0 Å². The summed E-state index contributed by atoms with van der Waals surface area (Å²) in [7, 11) is -3.54. The molecule has 1 aliphatic rings. The number of halogens is 1. The first-order valence-corrected chi connectivity index (χ1v) is 15.5. The summed E-state index contributed by atoms with van der Waals surface area (Å²) < 4.78 is 27.3. The molecule has 0 aliphatic carbocycles. The molecule has 1 atom stereocenters. The minimum Gasteiger partial charge on any atom is -0.341 e. The molecule has 7 nitrogen and oxygen atoms in total. The fraction of sp³-hybridized carbons (Fsp3) is 0.517. The molecule has 2 aromatic rings. The molecular weight excluding hydrogens is 522 g/mol. The van der Waals surface area contributed by atoms with E-state index in [1.165, 1.54) is 4.31 Å². The van der Waals surface area contributed by atoms with E-state index in [9.17, 15) is 18.0 Å². The smallest absolute Gasteiger partial charge is 0.245 e. The predicted octanol–water partition coefficient (Wildman–Crippen LogP) is 4.68. The van der Waals surface area contributed by atoms with Gasteiger partial charge < -0.3 is 9.80 Å². The molecule has 1 fully saturated rings. The molecule has 0 radical (unpaired) electrons. The van der Waals surface area contributed by atoms with E-state index in [4.69, 9.17) is 11.6 Å². The van der Waals surface area contributed by atoms with Crippen LogP contribution >= 0.6 is 11.6 Å². The normalized spacial score (nSPS) is 15.6. The van der Waals surface area contributed by atoms with Crippen LogP contribution in [0.25, 0.3) is 0 Å². The third-order valence-corrected chi connectivity index (χ3v) is 9.21. The molecule has 38 heavy (non-hydrogen) atoms. The molecule has 0 spiro atoms. The second-order valence-electron chi connectivity index (χ2n) is 10.3. The van der Waals surface area contributed by atoms with Gasteiger partial charge in [-0.1, -0.05) is 81.4 Å². The summed E-state index contributed by atoms with van der Waals surface area (Å²) in [5.74, 6) is -0.225. The van der Waals surface area contributed by atoms with Gasteiger partial charge in [0.05, 0.1) is 12.3 Å². The van der Waals surface area contributed by atoms with Crippen LogP contribution in [-0.2, 0) is 26.2 Å². The van der Waals surface area contributed by atoms with Crippen LogP contribution in [0.3, 0.4) is 0 Å². The van der Waals surface area contributed by atoms with Crippen LogP contribution in [-0.4, -0.2) is 72.3 Å². The summed E-state index contributed by atoms with van der Waals surface area (Å²) in [6, 6.07) is 18.9. The summed E-state index contributed by atoms with van der Waals surface area (Å²) in [6.45, 7) is 7.22. The third-order valence-electron chi connectivity index (χ3n) is 6.78. The predicted molar refractivity (Wildman–Crippen MR) is 152 cm³/mol. The second-order valence-corrected chi connectivity index (χ2v) is 12.9. The number of hydrogen-bond donors (Lipinski definition) is 0. The van der Waals surface area contributed by atoms with Gasteiger partial charge in [0, 0.05) is 32.2 Å². The van der Waals surface area contributed by atoms with Crippen LogP contribution in [0.2, 0.25) is 0 Å². The fourth-order valence-corrected chi connectivity index (χ4v) is 6.73. The Morgan fingerprint density at radius 2 is 1.58 bits per heavy atom. The molecule has 2 amide bonds. The lowest BCUT2D eigenvalue weighted by Gasteiger charge is -2.40. The van der Waals surface area contributed by atoms with E-state index in [0.29, 0.717) is 45.4 Å². The average molecular weight is 562 g/mol. The first kappa shape index (κ1) is 30.1. The molecule has 0 saturated carbocycles. The quantitative estimate of drug-likeness (QED) is 0.352. The highest BCUT2D eigenvalue weighted by atomic mass is 35.5. The van der Waals surface area contributed by atoms with E-state index < -0.39 is 15.4 Å². The zero-order valence-corrected chi connectivity index (χ0v) is 24.2. The van der Waals surface area contributed by atoms with Crippen molar-refractivity contribution >= 4 is 33.4 Å². The highest BCUT2D eigenvalue weighted by Gasteiger charge is 2.34. The van der Waals surface area contributed by atoms with Crippen molar-refractivity contribution in [3.05, 3.63) is 71.8 Å². The van der Waals surface area contributed by atoms with Crippen molar-refractivity contribution in [2.75, 3.05) is 31.9 Å². The summed E-state index contributed by atoms with van der Waals surface area (Å²) in [6.07, 6.45) is 1.71. The van der Waals surface area contributed by atoms with Gasteiger partial charge in [-0.2, -0.15) is 4.31 Å². The van der Waals surface area contributed by atoms with Gasteiger partial charge in [-0.15, -0.1) is 11.6 Å². The highest BCUT2D eigenvalue weighted by molar-refractivity contribution is 7.89. The van der Waals surface area contributed by atoms with Gasteiger partial charge in [0.1, 0.15) is 5.38 Å². The summed E-state index contributed by atoms with van der Waals surface area (Å²) in [5.41, 5.74) is 1.75. The number of rotatable bonds is 12. The van der Waals surface area contributed by atoms with Gasteiger partial charge in [0.2, 0.25) is 21.8 Å². The molecule has 3 rings (SSSR count). The SMILES string of the molecule is CCCS(=O)(=O)N(CC(=O)N(Cc1ccccc1)C1CCN(C(=O)C(Cl)c2ccccc2)CC1)CC(C)C. The average Bonchev–Trinajstić information content (AvgIpc) is 2.91. The number of hydrogen-bond acceptors (Lipinski definition) is 4. The minimum atomic E-state index is -3.54. The summed E-state index contributed by atoms with van der Waals surface area (Å²) >= 11 is 6.50. The highest BCUT2D eigenvalue weighted by Crippen LogP contribution is 2.27. The molecule has 9 heteroatoms. The largest absolute Gasteiger partial charge is 0.341 e. The van der Waals surface area contributed by atoms with Gasteiger partial charge in [-0.25, -0.2) is 8.42 Å². The van der Waals surface area contributed by atoms with Gasteiger partial charge in [0.15, 0.2) is 0 Å². The first-order chi connectivity index (χ1) is 18.1. The molecule has 0 N–H and O–H groups in total. The van der Waals surface area contributed by atoms with Crippen molar-refractivity contribution in [3.8, 4) is 0 Å². The van der Waals surface area contributed by atoms with E-state index in [2.05, 4.69) is 0 Å². The Bertz CT molecular complexity index is 1140. The lowest BCUT2D eigenvalue weighted by Crippen LogP contribution is -2.52. The second kappa shape index (κ2) is 14.1. The van der Waals surface area contributed by atoms with Crippen LogP contribution in [0.1, 0.15) is 56.5 Å².